The molecule has 2 aromatic rings. The lowest BCUT2D eigenvalue weighted by Gasteiger charge is -2.18. The third kappa shape index (κ3) is 5.10. The third-order valence-corrected chi connectivity index (χ3v) is 3.29. The van der Waals surface area contributed by atoms with Crippen molar-refractivity contribution < 1.29 is 23.0 Å². The predicted octanol–water partition coefficient (Wildman–Crippen LogP) is 3.06. The topological polar surface area (TPSA) is 64.5 Å². The molecule has 0 atom stereocenters. The van der Waals surface area contributed by atoms with Crippen LogP contribution in [0.1, 0.15) is 28.7 Å². The fourth-order valence-electron chi connectivity index (χ4n) is 2.16. The van der Waals surface area contributed by atoms with Gasteiger partial charge in [0.25, 0.3) is 5.91 Å². The molecule has 0 bridgehead atoms. The van der Waals surface area contributed by atoms with E-state index in [2.05, 4.69) is 14.7 Å². The second-order valence-corrected chi connectivity index (χ2v) is 5.30. The van der Waals surface area contributed by atoms with Crippen LogP contribution in [-0.4, -0.2) is 41.0 Å². The molecule has 1 aromatic heterocycles. The smallest absolute Gasteiger partial charge is 0.387 e. The van der Waals surface area contributed by atoms with Crippen molar-refractivity contribution in [2.45, 2.75) is 27.0 Å². The van der Waals surface area contributed by atoms with E-state index in [-0.39, 0.29) is 29.6 Å². The zero-order valence-corrected chi connectivity index (χ0v) is 14.2. The van der Waals surface area contributed by atoms with E-state index < -0.39 is 6.61 Å². The summed E-state index contributed by atoms with van der Waals surface area (Å²) in [4.78, 5) is 21.9. The van der Waals surface area contributed by atoms with Crippen LogP contribution in [0, 0.1) is 6.92 Å². The molecule has 6 nitrogen and oxygen atoms in total. The summed E-state index contributed by atoms with van der Waals surface area (Å²) in [5.41, 5.74) is 1.66. The maximum atomic E-state index is 12.4. The first-order chi connectivity index (χ1) is 11.9. The number of rotatable bonds is 7. The van der Waals surface area contributed by atoms with Crippen LogP contribution in [-0.2, 0) is 6.54 Å². The van der Waals surface area contributed by atoms with Crippen molar-refractivity contribution in [1.29, 1.82) is 0 Å². The molecule has 134 valence electrons. The number of hydrogen-bond donors (Lipinski definition) is 0. The van der Waals surface area contributed by atoms with E-state index >= 15 is 0 Å². The molecule has 0 fully saturated rings. The minimum atomic E-state index is -2.94. The van der Waals surface area contributed by atoms with E-state index in [0.717, 1.165) is 5.69 Å². The molecule has 0 aliphatic rings. The van der Waals surface area contributed by atoms with Crippen LogP contribution >= 0.6 is 0 Å². The number of carbonyl (C=O) groups is 1. The van der Waals surface area contributed by atoms with Crippen LogP contribution in [0.4, 0.5) is 8.78 Å². The maximum Gasteiger partial charge on any atom is 0.387 e. The highest BCUT2D eigenvalue weighted by atomic mass is 19.3. The molecule has 1 heterocycles. The largest absolute Gasteiger partial charge is 0.490 e. The summed E-state index contributed by atoms with van der Waals surface area (Å²) in [6.07, 6.45) is 2.93. The Labute approximate surface area is 144 Å². The summed E-state index contributed by atoms with van der Waals surface area (Å²) in [6.45, 7) is 1.14. The summed E-state index contributed by atoms with van der Waals surface area (Å²) >= 11 is 0. The van der Waals surface area contributed by atoms with Crippen LogP contribution in [0.5, 0.6) is 11.5 Å². The van der Waals surface area contributed by atoms with Gasteiger partial charge >= 0.3 is 6.61 Å². The van der Waals surface area contributed by atoms with Gasteiger partial charge in [0.1, 0.15) is 5.69 Å². The molecule has 2 rings (SSSR count). The fourth-order valence-corrected chi connectivity index (χ4v) is 2.16. The molecule has 25 heavy (non-hydrogen) atoms. The van der Waals surface area contributed by atoms with Crippen molar-refractivity contribution in [2.75, 3.05) is 13.7 Å². The second-order valence-electron chi connectivity index (χ2n) is 5.30. The number of aromatic nitrogens is 2. The van der Waals surface area contributed by atoms with Crippen LogP contribution in [0.2, 0.25) is 0 Å². The van der Waals surface area contributed by atoms with Gasteiger partial charge in [-0.05, 0) is 31.5 Å². The van der Waals surface area contributed by atoms with Gasteiger partial charge in [-0.25, -0.2) is 4.98 Å². The van der Waals surface area contributed by atoms with Crippen molar-refractivity contribution in [2.24, 2.45) is 0 Å². The molecule has 1 amide bonds. The summed E-state index contributed by atoms with van der Waals surface area (Å²) in [6, 6.07) is 4.58. The van der Waals surface area contributed by atoms with Gasteiger partial charge in [-0.2, -0.15) is 8.78 Å². The fraction of sp³-hybridized carbons (Fsp3) is 0.353. The first-order valence-electron chi connectivity index (χ1n) is 7.65. The molecule has 0 unspecified atom stereocenters. The van der Waals surface area contributed by atoms with Gasteiger partial charge in [-0.1, -0.05) is 6.07 Å². The highest BCUT2D eigenvalue weighted by Crippen LogP contribution is 2.30. The summed E-state index contributed by atoms with van der Waals surface area (Å²) in [5, 5.41) is 0. The van der Waals surface area contributed by atoms with Gasteiger partial charge in [0, 0.05) is 19.8 Å². The average Bonchev–Trinajstić information content (AvgIpc) is 2.57. The molecule has 8 heteroatoms. The minimum absolute atomic E-state index is 0.0426. The summed E-state index contributed by atoms with van der Waals surface area (Å²) in [5.74, 6) is -0.131. The van der Waals surface area contributed by atoms with Crippen molar-refractivity contribution in [3.63, 3.8) is 0 Å². The Morgan fingerprint density at radius 2 is 2.00 bits per heavy atom. The van der Waals surface area contributed by atoms with Crippen LogP contribution in [0.25, 0.3) is 0 Å². The molecule has 0 N–H and O–H groups in total. The number of alkyl halides is 2. The van der Waals surface area contributed by atoms with Crippen LogP contribution in [0.3, 0.4) is 0 Å². The quantitative estimate of drug-likeness (QED) is 0.767. The molecule has 0 saturated carbocycles. The van der Waals surface area contributed by atoms with E-state index in [0.29, 0.717) is 12.2 Å². The van der Waals surface area contributed by atoms with Gasteiger partial charge in [0.2, 0.25) is 0 Å². The SMILES string of the molecule is CCOc1cc(CN(C)C(=O)c2cnc(C)cn2)ccc1OC(F)F. The van der Waals surface area contributed by atoms with Gasteiger partial charge < -0.3 is 14.4 Å². The Kier molecular flexibility index (Phi) is 6.21. The predicted molar refractivity (Wildman–Crippen MR) is 86.8 cm³/mol. The van der Waals surface area contributed by atoms with E-state index in [4.69, 9.17) is 4.74 Å². The molecule has 0 aliphatic carbocycles. The van der Waals surface area contributed by atoms with E-state index in [1.165, 1.54) is 23.4 Å². The van der Waals surface area contributed by atoms with Crippen molar-refractivity contribution in [3.05, 3.63) is 47.5 Å². The molecular formula is C17H19F2N3O3. The van der Waals surface area contributed by atoms with Crippen molar-refractivity contribution >= 4 is 5.91 Å². The number of amides is 1. The lowest BCUT2D eigenvalue weighted by molar-refractivity contribution is -0.0514. The van der Waals surface area contributed by atoms with E-state index in [9.17, 15) is 13.6 Å². The Balaban J connectivity index is 2.14. The first kappa shape index (κ1) is 18.6. The summed E-state index contributed by atoms with van der Waals surface area (Å²) in [7, 11) is 1.62. The zero-order chi connectivity index (χ0) is 18.4. The second kappa shape index (κ2) is 8.36. The highest BCUT2D eigenvalue weighted by Gasteiger charge is 2.16. The lowest BCUT2D eigenvalue weighted by Crippen LogP contribution is -2.27. The monoisotopic (exact) mass is 351 g/mol. The Hall–Kier alpha value is -2.77. The third-order valence-electron chi connectivity index (χ3n) is 3.29. The minimum Gasteiger partial charge on any atom is -0.490 e. The van der Waals surface area contributed by atoms with E-state index in [1.54, 1.807) is 33.0 Å². The first-order valence-corrected chi connectivity index (χ1v) is 7.65. The molecule has 0 aliphatic heterocycles. The highest BCUT2D eigenvalue weighted by molar-refractivity contribution is 5.91. The molecule has 1 aromatic carbocycles. The van der Waals surface area contributed by atoms with Crippen LogP contribution < -0.4 is 9.47 Å². The number of ether oxygens (including phenoxy) is 2. The van der Waals surface area contributed by atoms with Gasteiger partial charge in [0.05, 0.1) is 18.5 Å². The van der Waals surface area contributed by atoms with Crippen LogP contribution in [0.15, 0.2) is 30.6 Å². The Bertz CT molecular complexity index is 724. The zero-order valence-electron chi connectivity index (χ0n) is 14.2. The number of nitrogens with zero attached hydrogens (tertiary/aromatic N) is 3. The van der Waals surface area contributed by atoms with Crippen molar-refractivity contribution in [1.82, 2.24) is 14.9 Å². The number of hydrogen-bond acceptors (Lipinski definition) is 5. The van der Waals surface area contributed by atoms with Gasteiger partial charge in [-0.3, -0.25) is 9.78 Å². The lowest BCUT2D eigenvalue weighted by atomic mass is 10.2. The standard InChI is InChI=1S/C17H19F2N3O3/c1-4-24-15-7-12(5-6-14(15)25-17(18)19)10-22(3)16(23)13-9-20-11(2)8-21-13/h5-9,17H,4,10H2,1-3H3. The number of halogens is 2. The molecule has 0 spiro atoms. The number of benzene rings is 1. The molecular weight excluding hydrogens is 332 g/mol. The normalized spacial score (nSPS) is 10.6. The molecule has 0 saturated heterocycles. The Morgan fingerprint density at radius 1 is 1.24 bits per heavy atom. The Morgan fingerprint density at radius 3 is 2.60 bits per heavy atom. The maximum absolute atomic E-state index is 12.4. The van der Waals surface area contributed by atoms with Gasteiger partial charge in [-0.15, -0.1) is 0 Å². The summed E-state index contributed by atoms with van der Waals surface area (Å²) < 4.78 is 34.6. The number of carbonyl (C=O) groups excluding carboxylic acids is 1. The van der Waals surface area contributed by atoms with E-state index in [1.807, 2.05) is 0 Å². The average molecular weight is 351 g/mol. The van der Waals surface area contributed by atoms with Gasteiger partial charge in [0.15, 0.2) is 11.5 Å². The number of aryl methyl sites for hydroxylation is 1. The molecule has 0 radical (unpaired) electrons. The van der Waals surface area contributed by atoms with Crippen molar-refractivity contribution in [3.8, 4) is 11.5 Å².